The van der Waals surface area contributed by atoms with Crippen molar-refractivity contribution in [3.8, 4) is 0 Å². The van der Waals surface area contributed by atoms with Crippen LogP contribution in [0.4, 0.5) is 0 Å². The molecule has 0 bridgehead atoms. The summed E-state index contributed by atoms with van der Waals surface area (Å²) in [4.78, 5) is 0. The van der Waals surface area contributed by atoms with Crippen LogP contribution >= 0.6 is 0 Å². The van der Waals surface area contributed by atoms with E-state index >= 15 is 0 Å². The van der Waals surface area contributed by atoms with Crippen molar-refractivity contribution >= 4 is 0 Å². The summed E-state index contributed by atoms with van der Waals surface area (Å²) in [5.74, 6) is 0. The zero-order valence-corrected chi connectivity index (χ0v) is 12.8. The molecule has 0 spiro atoms. The Morgan fingerprint density at radius 3 is 1.50 bits per heavy atom. The minimum atomic E-state index is 0.134. The van der Waals surface area contributed by atoms with E-state index in [4.69, 9.17) is 0 Å². The van der Waals surface area contributed by atoms with Gasteiger partial charge in [-0.2, -0.15) is 0 Å². The van der Waals surface area contributed by atoms with Gasteiger partial charge in [0, 0.05) is 11.1 Å². The van der Waals surface area contributed by atoms with E-state index in [1.807, 2.05) is 0 Å². The summed E-state index contributed by atoms with van der Waals surface area (Å²) in [6.07, 6.45) is 1.45. The van der Waals surface area contributed by atoms with Crippen LogP contribution in [-0.4, -0.2) is 17.2 Å². The van der Waals surface area contributed by atoms with Gasteiger partial charge in [0.15, 0.2) is 0 Å². The normalized spacial score (nSPS) is 16.3. The van der Waals surface area contributed by atoms with E-state index in [-0.39, 0.29) is 16.5 Å². The lowest BCUT2D eigenvalue weighted by Crippen LogP contribution is -2.62. The molecule has 0 saturated carbocycles. The Bertz CT molecular complexity index is 206. The van der Waals surface area contributed by atoms with Gasteiger partial charge >= 0.3 is 0 Å². The molecule has 0 radical (unpaired) electrons. The average Bonchev–Trinajstić information content (AvgIpc) is 1.98. The lowest BCUT2D eigenvalue weighted by molar-refractivity contribution is 0.143. The first-order valence-electron chi connectivity index (χ1n) is 6.43. The largest absolute Gasteiger partial charge is 0.297 e. The topological polar surface area (TPSA) is 24.1 Å². The predicted octanol–water partition coefficient (Wildman–Crippen LogP) is 3.52. The van der Waals surface area contributed by atoms with E-state index in [0.29, 0.717) is 6.17 Å². The monoisotopic (exact) mass is 228 g/mol. The highest BCUT2D eigenvalue weighted by Crippen LogP contribution is 2.22. The lowest BCUT2D eigenvalue weighted by Gasteiger charge is -2.42. The summed E-state index contributed by atoms with van der Waals surface area (Å²) in [7, 11) is 0. The van der Waals surface area contributed by atoms with Crippen LogP contribution in [0.15, 0.2) is 0 Å². The van der Waals surface area contributed by atoms with Gasteiger partial charge in [0.2, 0.25) is 0 Å². The fourth-order valence-electron chi connectivity index (χ4n) is 1.39. The third kappa shape index (κ3) is 6.49. The van der Waals surface area contributed by atoms with Gasteiger partial charge < -0.3 is 0 Å². The molecule has 0 rings (SSSR count). The molecule has 16 heavy (non-hydrogen) atoms. The van der Waals surface area contributed by atoms with Gasteiger partial charge in [-0.1, -0.05) is 27.7 Å². The van der Waals surface area contributed by atoms with Gasteiger partial charge in [-0.3, -0.25) is 10.6 Å². The molecule has 0 saturated heterocycles. The highest BCUT2D eigenvalue weighted by Gasteiger charge is 2.31. The lowest BCUT2D eigenvalue weighted by atomic mass is 9.88. The second-order valence-corrected chi connectivity index (χ2v) is 7.58. The summed E-state index contributed by atoms with van der Waals surface area (Å²) in [6, 6.07) is 0. The molecule has 0 amide bonds. The SMILES string of the molecule is CCC(C)(C)NC(NC(C)(C)C)C(C)(C)C. The summed E-state index contributed by atoms with van der Waals surface area (Å²) < 4.78 is 0. The second kappa shape index (κ2) is 5.05. The Morgan fingerprint density at radius 1 is 0.812 bits per heavy atom. The van der Waals surface area contributed by atoms with Crippen LogP contribution in [0.3, 0.4) is 0 Å². The third-order valence-electron chi connectivity index (χ3n) is 2.86. The average molecular weight is 228 g/mol. The number of nitrogens with one attached hydrogen (secondary N) is 2. The molecule has 0 aromatic heterocycles. The van der Waals surface area contributed by atoms with Crippen LogP contribution in [0.25, 0.3) is 0 Å². The Hall–Kier alpha value is -0.0800. The molecule has 0 aromatic rings. The number of hydrogen-bond donors (Lipinski definition) is 2. The van der Waals surface area contributed by atoms with Crippen LogP contribution in [0.2, 0.25) is 0 Å². The van der Waals surface area contributed by atoms with Crippen LogP contribution in [0, 0.1) is 5.41 Å². The summed E-state index contributed by atoms with van der Waals surface area (Å²) in [6.45, 7) is 20.2. The fraction of sp³-hybridized carbons (Fsp3) is 1.00. The van der Waals surface area contributed by atoms with Crippen molar-refractivity contribution in [1.29, 1.82) is 0 Å². The van der Waals surface area contributed by atoms with Gasteiger partial charge in [-0.25, -0.2) is 0 Å². The van der Waals surface area contributed by atoms with Crippen LogP contribution in [-0.2, 0) is 0 Å². The molecule has 1 unspecified atom stereocenters. The first kappa shape index (κ1) is 15.9. The quantitative estimate of drug-likeness (QED) is 0.719. The highest BCUT2D eigenvalue weighted by atomic mass is 15.2. The highest BCUT2D eigenvalue weighted by molar-refractivity contribution is 4.89. The van der Waals surface area contributed by atoms with E-state index in [1.165, 1.54) is 0 Å². The summed E-state index contributed by atoms with van der Waals surface area (Å²) in [5.41, 5.74) is 0.519. The van der Waals surface area contributed by atoms with Crippen LogP contribution < -0.4 is 10.6 Å². The first-order chi connectivity index (χ1) is 6.87. The smallest absolute Gasteiger partial charge is 0.0629 e. The minimum absolute atomic E-state index is 0.134. The number of rotatable bonds is 4. The van der Waals surface area contributed by atoms with Crippen molar-refractivity contribution in [2.45, 2.75) is 86.0 Å². The van der Waals surface area contributed by atoms with E-state index in [1.54, 1.807) is 0 Å². The third-order valence-corrected chi connectivity index (χ3v) is 2.86. The van der Waals surface area contributed by atoms with Crippen LogP contribution in [0.5, 0.6) is 0 Å². The molecular weight excluding hydrogens is 196 g/mol. The predicted molar refractivity (Wildman–Crippen MR) is 73.6 cm³/mol. The molecule has 0 aliphatic heterocycles. The molecule has 0 aromatic carbocycles. The van der Waals surface area contributed by atoms with Crippen molar-refractivity contribution in [2.75, 3.05) is 0 Å². The van der Waals surface area contributed by atoms with E-state index < -0.39 is 0 Å². The van der Waals surface area contributed by atoms with Crippen molar-refractivity contribution in [1.82, 2.24) is 10.6 Å². The molecular formula is C14H32N2. The Kier molecular flexibility index (Phi) is 5.03. The second-order valence-electron chi connectivity index (χ2n) is 7.58. The minimum Gasteiger partial charge on any atom is -0.297 e. The van der Waals surface area contributed by atoms with E-state index in [9.17, 15) is 0 Å². The van der Waals surface area contributed by atoms with Gasteiger partial charge in [0.05, 0.1) is 6.17 Å². The van der Waals surface area contributed by atoms with E-state index in [0.717, 1.165) is 6.42 Å². The first-order valence-corrected chi connectivity index (χ1v) is 6.43. The zero-order chi connectivity index (χ0) is 13.2. The van der Waals surface area contributed by atoms with Crippen molar-refractivity contribution < 1.29 is 0 Å². The molecule has 98 valence electrons. The summed E-state index contributed by atoms with van der Waals surface area (Å²) >= 11 is 0. The fourth-order valence-corrected chi connectivity index (χ4v) is 1.39. The standard InChI is InChI=1S/C14H32N2/c1-10-14(8,9)16-11(12(2,3)4)15-13(5,6)7/h11,15-16H,10H2,1-9H3. The van der Waals surface area contributed by atoms with Crippen molar-refractivity contribution in [3.63, 3.8) is 0 Å². The van der Waals surface area contributed by atoms with Gasteiger partial charge in [-0.05, 0) is 46.5 Å². The molecule has 1 atom stereocenters. The van der Waals surface area contributed by atoms with Gasteiger partial charge in [-0.15, -0.1) is 0 Å². The molecule has 0 aliphatic rings. The Labute approximate surface area is 103 Å². The molecule has 0 fully saturated rings. The molecule has 2 N–H and O–H groups in total. The number of hydrogen-bond acceptors (Lipinski definition) is 2. The van der Waals surface area contributed by atoms with Crippen LogP contribution in [0.1, 0.15) is 68.7 Å². The Morgan fingerprint density at radius 2 is 1.25 bits per heavy atom. The maximum atomic E-state index is 3.73. The van der Waals surface area contributed by atoms with Gasteiger partial charge in [0.1, 0.15) is 0 Å². The molecule has 2 heteroatoms. The van der Waals surface area contributed by atoms with Crippen molar-refractivity contribution in [3.05, 3.63) is 0 Å². The zero-order valence-electron chi connectivity index (χ0n) is 12.8. The Balaban J connectivity index is 4.71. The molecule has 2 nitrogen and oxygen atoms in total. The molecule has 0 heterocycles. The molecule has 0 aliphatic carbocycles. The summed E-state index contributed by atoms with van der Waals surface area (Å²) in [5, 5.41) is 7.40. The van der Waals surface area contributed by atoms with E-state index in [2.05, 4.69) is 72.9 Å². The van der Waals surface area contributed by atoms with Gasteiger partial charge in [0.25, 0.3) is 0 Å². The van der Waals surface area contributed by atoms with Crippen molar-refractivity contribution in [2.24, 2.45) is 5.41 Å². The maximum Gasteiger partial charge on any atom is 0.0629 e. The maximum absolute atomic E-state index is 3.73.